The molecule has 1 saturated heterocycles. The van der Waals surface area contributed by atoms with E-state index in [9.17, 15) is 18.5 Å². The number of amides is 2. The third-order valence-electron chi connectivity index (χ3n) is 8.09. The molecule has 1 saturated carbocycles. The summed E-state index contributed by atoms with van der Waals surface area (Å²) in [7, 11) is 0. The number of hydrogen-bond donors (Lipinski definition) is 3. The van der Waals surface area contributed by atoms with Gasteiger partial charge >= 0.3 is 0 Å². The standard InChI is InChI=1S/C31H36F2N8O4/c32-21-16-26(29(34-18-21)35-24-2-1-3-25(17-24)45-15-12-39-10-13-44-14-11-39)30(42)36-22-4-6-23(7-5-22)37-31(43)27-19-40-20-41(33)9-8-28(40)38-27/h1-3,8-9,16-19,22-23H,4-7,10-15,20H2,(H,34,35)(H,36,42)(H,37,43)/q+1. The molecule has 0 unspecified atom stereocenters. The molecule has 1 aromatic heterocycles. The Kier molecular flexibility index (Phi) is 9.62. The van der Waals surface area contributed by atoms with Gasteiger partial charge in [0.2, 0.25) is 6.67 Å². The van der Waals surface area contributed by atoms with Crippen LogP contribution < -0.4 is 25.6 Å². The van der Waals surface area contributed by atoms with Gasteiger partial charge in [0.25, 0.3) is 17.6 Å². The van der Waals surface area contributed by atoms with Crippen molar-refractivity contribution in [2.24, 2.45) is 4.99 Å². The van der Waals surface area contributed by atoms with Crippen molar-refractivity contribution in [3.05, 3.63) is 72.1 Å². The Balaban J connectivity index is 0.998. The largest absolute Gasteiger partial charge is 0.492 e. The summed E-state index contributed by atoms with van der Waals surface area (Å²) in [6, 6.07) is 8.26. The van der Waals surface area contributed by atoms with Gasteiger partial charge in [0, 0.05) is 55.7 Å². The molecule has 1 aliphatic carbocycles. The zero-order chi connectivity index (χ0) is 31.2. The predicted octanol–water partition coefficient (Wildman–Crippen LogP) is 2.90. The molecule has 3 aliphatic heterocycles. The third kappa shape index (κ3) is 8.01. The monoisotopic (exact) mass is 622 g/mol. The number of aromatic nitrogens is 1. The summed E-state index contributed by atoms with van der Waals surface area (Å²) in [5.41, 5.74) is 0.970. The second kappa shape index (κ2) is 14.1. The predicted molar refractivity (Wildman–Crippen MR) is 163 cm³/mol. The van der Waals surface area contributed by atoms with Crippen LogP contribution in [0.2, 0.25) is 0 Å². The Bertz CT molecular complexity index is 1490. The van der Waals surface area contributed by atoms with Crippen LogP contribution in [0.1, 0.15) is 36.0 Å². The van der Waals surface area contributed by atoms with Crippen LogP contribution in [-0.4, -0.2) is 90.9 Å². The van der Waals surface area contributed by atoms with Crippen molar-refractivity contribution in [2.75, 3.05) is 51.4 Å². The first-order valence-electron chi connectivity index (χ1n) is 15.1. The first kappa shape index (κ1) is 30.6. The molecular formula is C31H36F2N8O4+. The second-order valence-corrected chi connectivity index (χ2v) is 11.3. The number of amidine groups is 1. The number of morpholine rings is 1. The number of carbonyl (C=O) groups is 2. The molecule has 2 fully saturated rings. The van der Waals surface area contributed by atoms with Gasteiger partial charge < -0.3 is 25.4 Å². The van der Waals surface area contributed by atoms with E-state index in [1.807, 2.05) is 24.3 Å². The second-order valence-electron chi connectivity index (χ2n) is 11.3. The van der Waals surface area contributed by atoms with E-state index in [2.05, 4.69) is 30.8 Å². The highest BCUT2D eigenvalue weighted by Gasteiger charge is 2.36. The highest BCUT2D eigenvalue weighted by atomic mass is 19.2. The molecule has 12 nitrogen and oxygen atoms in total. The van der Waals surface area contributed by atoms with Gasteiger partial charge in [-0.15, -0.1) is 0 Å². The lowest BCUT2D eigenvalue weighted by atomic mass is 9.91. The maximum Gasteiger partial charge on any atom is 0.285 e. The molecule has 14 heteroatoms. The van der Waals surface area contributed by atoms with E-state index < -0.39 is 11.7 Å². The Morgan fingerprint density at radius 3 is 2.60 bits per heavy atom. The van der Waals surface area contributed by atoms with Gasteiger partial charge in [-0.25, -0.2) is 9.37 Å². The van der Waals surface area contributed by atoms with Crippen molar-refractivity contribution < 1.29 is 27.9 Å². The highest BCUT2D eigenvalue weighted by Crippen LogP contribution is 2.25. The van der Waals surface area contributed by atoms with Crippen molar-refractivity contribution >= 4 is 29.2 Å². The number of anilines is 2. The van der Waals surface area contributed by atoms with E-state index in [4.69, 9.17) is 9.47 Å². The van der Waals surface area contributed by atoms with Gasteiger partial charge in [-0.2, -0.15) is 10.1 Å². The van der Waals surface area contributed by atoms with Gasteiger partial charge in [-0.3, -0.25) is 14.5 Å². The maximum absolute atomic E-state index is 14.2. The fourth-order valence-corrected chi connectivity index (χ4v) is 5.66. The number of nitrogens with zero attached hydrogens (tertiary/aromatic N) is 5. The lowest BCUT2D eigenvalue weighted by molar-refractivity contribution is -0.118. The summed E-state index contributed by atoms with van der Waals surface area (Å²) in [6.45, 7) is 4.54. The van der Waals surface area contributed by atoms with E-state index in [0.717, 1.165) is 39.0 Å². The van der Waals surface area contributed by atoms with Gasteiger partial charge in [0.05, 0.1) is 25.0 Å². The minimum absolute atomic E-state index is 0.0223. The van der Waals surface area contributed by atoms with E-state index >= 15 is 0 Å². The van der Waals surface area contributed by atoms with Crippen LogP contribution >= 0.6 is 0 Å². The Hall–Kier alpha value is -4.40. The maximum atomic E-state index is 14.2. The summed E-state index contributed by atoms with van der Waals surface area (Å²) in [6.07, 6.45) is 7.92. The van der Waals surface area contributed by atoms with Gasteiger partial charge in [-0.1, -0.05) is 15.4 Å². The summed E-state index contributed by atoms with van der Waals surface area (Å²) in [5, 5.41) is 9.64. The lowest BCUT2D eigenvalue weighted by Crippen LogP contribution is -2.44. The number of pyridine rings is 1. The van der Waals surface area contributed by atoms with E-state index in [0.29, 0.717) is 54.7 Å². The van der Waals surface area contributed by atoms with Crippen molar-refractivity contribution in [3.63, 3.8) is 0 Å². The number of fused-ring (bicyclic) bond motifs is 1. The first-order valence-corrected chi connectivity index (χ1v) is 15.1. The van der Waals surface area contributed by atoms with E-state index in [-0.39, 0.29) is 41.7 Å². The SMILES string of the molecule is O=C(NC1CCC(NC(=O)c2cc(F)cnc2Nc2cccc(OCCN3CCOCC3)c2)CC1)C1=C[N+]2CN(F)C=CC2=N1. The fraction of sp³-hybridized carbons (Fsp3) is 0.419. The third-order valence-corrected chi connectivity index (χ3v) is 8.09. The molecule has 4 aliphatic rings. The zero-order valence-corrected chi connectivity index (χ0v) is 24.8. The van der Waals surface area contributed by atoms with Crippen LogP contribution in [-0.2, 0) is 9.53 Å². The first-order chi connectivity index (χ1) is 21.9. The summed E-state index contributed by atoms with van der Waals surface area (Å²) in [5.74, 6) is 0.0363. The van der Waals surface area contributed by atoms with Gasteiger partial charge in [0.15, 0.2) is 11.9 Å². The normalized spacial score (nSPS) is 21.9. The molecule has 3 N–H and O–H groups in total. The van der Waals surface area contributed by atoms with Crippen LogP contribution in [0.15, 0.2) is 65.7 Å². The van der Waals surface area contributed by atoms with Crippen LogP contribution in [0.3, 0.4) is 0 Å². The minimum atomic E-state index is -0.618. The van der Waals surface area contributed by atoms with Gasteiger partial charge in [0.1, 0.15) is 24.0 Å². The van der Waals surface area contributed by atoms with Crippen LogP contribution in [0.25, 0.3) is 0 Å². The average Bonchev–Trinajstić information content (AvgIpc) is 3.47. The molecule has 1 aromatic carbocycles. The number of rotatable bonds is 10. The van der Waals surface area contributed by atoms with Crippen LogP contribution in [0.5, 0.6) is 5.75 Å². The van der Waals surface area contributed by atoms with Crippen LogP contribution in [0.4, 0.5) is 20.4 Å². The smallest absolute Gasteiger partial charge is 0.285 e. The lowest BCUT2D eigenvalue weighted by Gasteiger charge is -2.29. The number of carbonyl (C=O) groups excluding carboxylic acids is 2. The number of aliphatic imine (C=N–C) groups is 1. The number of hydrogen-bond acceptors (Lipinski definition) is 10. The highest BCUT2D eigenvalue weighted by molar-refractivity contribution is 6.05. The van der Waals surface area contributed by atoms with Gasteiger partial charge in [-0.05, 0) is 43.9 Å². The number of ether oxygens (including phenoxy) is 2. The van der Waals surface area contributed by atoms with Crippen molar-refractivity contribution in [1.29, 1.82) is 0 Å². The molecule has 0 spiro atoms. The summed E-state index contributed by atoms with van der Waals surface area (Å²) < 4.78 is 39.0. The van der Waals surface area contributed by atoms with E-state index in [1.165, 1.54) is 24.5 Å². The molecule has 1 radical (unpaired) electrons. The van der Waals surface area contributed by atoms with Crippen molar-refractivity contribution in [3.8, 4) is 5.75 Å². The van der Waals surface area contributed by atoms with Crippen LogP contribution in [0, 0.1) is 5.82 Å². The molecule has 0 bridgehead atoms. The molecule has 237 valence electrons. The summed E-state index contributed by atoms with van der Waals surface area (Å²) >= 11 is 0. The molecule has 2 amide bonds. The fourth-order valence-electron chi connectivity index (χ4n) is 5.66. The molecule has 0 atom stereocenters. The zero-order valence-electron chi connectivity index (χ0n) is 24.8. The number of halogens is 2. The molecule has 45 heavy (non-hydrogen) atoms. The quantitative estimate of drug-likeness (QED) is 0.273. The molecule has 6 rings (SSSR count). The Labute approximate surface area is 259 Å². The Morgan fingerprint density at radius 1 is 1.07 bits per heavy atom. The topological polar surface area (TPSA) is 126 Å². The van der Waals surface area contributed by atoms with E-state index in [1.54, 1.807) is 4.90 Å². The minimum Gasteiger partial charge on any atom is -0.492 e. The van der Waals surface area contributed by atoms with Crippen molar-refractivity contribution in [2.45, 2.75) is 37.8 Å². The molecule has 2 aromatic rings. The summed E-state index contributed by atoms with van der Waals surface area (Å²) in [4.78, 5) is 38.3. The Morgan fingerprint density at radius 2 is 1.82 bits per heavy atom. The van der Waals surface area contributed by atoms with Crippen molar-refractivity contribution in [1.82, 2.24) is 30.5 Å². The molecule has 4 heterocycles. The molecular weight excluding hydrogens is 586 g/mol. The number of benzene rings is 1. The number of nitrogens with one attached hydrogen (secondary N) is 3. The average molecular weight is 623 g/mol.